The van der Waals surface area contributed by atoms with Crippen molar-refractivity contribution in [1.29, 1.82) is 0 Å². The van der Waals surface area contributed by atoms with Gasteiger partial charge >= 0.3 is 0 Å². The number of aliphatic hydroxyl groups excluding tert-OH is 2. The maximum Gasteiger partial charge on any atom is 0.247 e. The number of amides is 2. The van der Waals surface area contributed by atoms with Crippen LogP contribution in [0.4, 0.5) is 0 Å². The first kappa shape index (κ1) is 33.5. The lowest BCUT2D eigenvalue weighted by molar-refractivity contribution is -0.137. The molecule has 0 saturated carbocycles. The van der Waals surface area contributed by atoms with Crippen LogP contribution in [0.15, 0.2) is 42.0 Å². The number of aliphatic hydroxyl groups is 2. The second-order valence-electron chi connectivity index (χ2n) is 11.0. The summed E-state index contributed by atoms with van der Waals surface area (Å²) in [5.74, 6) is 0.103. The molecule has 0 saturated heterocycles. The molecular formula is C33H40N2O10. The first-order valence-corrected chi connectivity index (χ1v) is 14.8. The number of aldehydes is 1. The lowest BCUT2D eigenvalue weighted by Crippen LogP contribution is -2.56. The number of benzene rings is 2. The van der Waals surface area contributed by atoms with Gasteiger partial charge in [-0.2, -0.15) is 0 Å². The SMILES string of the molecule is COc1ccc(OC)c(CCN(C(=O)CCCC(C)=O)C2C=C(C(=O)NCCO)C3c4cc(C=O)cc(OC)c4OC3C2O)c1. The molecule has 242 valence electrons. The van der Waals surface area contributed by atoms with Crippen molar-refractivity contribution in [3.63, 3.8) is 0 Å². The maximum atomic E-state index is 13.8. The molecule has 2 aliphatic rings. The molecule has 2 aromatic carbocycles. The number of methoxy groups -OCH3 is 3. The Morgan fingerprint density at radius 2 is 1.80 bits per heavy atom. The molecule has 45 heavy (non-hydrogen) atoms. The van der Waals surface area contributed by atoms with E-state index in [9.17, 15) is 29.4 Å². The van der Waals surface area contributed by atoms with Gasteiger partial charge in [0, 0.05) is 42.6 Å². The highest BCUT2D eigenvalue weighted by atomic mass is 16.5. The van der Waals surface area contributed by atoms with E-state index in [1.165, 1.54) is 25.0 Å². The molecule has 0 fully saturated rings. The Kier molecular flexibility index (Phi) is 11.2. The molecule has 1 aliphatic heterocycles. The first-order valence-electron chi connectivity index (χ1n) is 14.8. The Hall–Kier alpha value is -4.42. The lowest BCUT2D eigenvalue weighted by Gasteiger charge is -2.41. The standard InChI is InChI=1S/C33H40N2O10/c1-19(38)6-5-7-28(39)35(12-10-21-16-22(42-2)8-9-26(21)43-3)25-17-24(33(41)34-11-13-36)29-23-14-20(18-37)15-27(44-4)31(23)45-32(29)30(25)40/h8-9,14-18,25,29-30,32,36,40H,5-7,10-13H2,1-4H3,(H,34,41). The Bertz CT molecular complexity index is 1460. The molecule has 12 heteroatoms. The van der Waals surface area contributed by atoms with Crippen LogP contribution in [0.25, 0.3) is 0 Å². The van der Waals surface area contributed by atoms with Gasteiger partial charge in [0.25, 0.3) is 0 Å². The fraction of sp³-hybridized carbons (Fsp3) is 0.455. The summed E-state index contributed by atoms with van der Waals surface area (Å²) in [5, 5.41) is 23.9. The van der Waals surface area contributed by atoms with Gasteiger partial charge in [-0.05, 0) is 61.7 Å². The minimum absolute atomic E-state index is 0.0183. The van der Waals surface area contributed by atoms with Crippen LogP contribution in [0.3, 0.4) is 0 Å². The van der Waals surface area contributed by atoms with E-state index in [1.54, 1.807) is 38.5 Å². The third-order valence-corrected chi connectivity index (χ3v) is 8.12. The van der Waals surface area contributed by atoms with Crippen LogP contribution in [0.5, 0.6) is 23.0 Å². The normalized spacial score (nSPS) is 19.7. The minimum Gasteiger partial charge on any atom is -0.497 e. The summed E-state index contributed by atoms with van der Waals surface area (Å²) in [5.41, 5.74) is 1.77. The van der Waals surface area contributed by atoms with Gasteiger partial charge in [-0.3, -0.25) is 14.4 Å². The zero-order valence-corrected chi connectivity index (χ0v) is 25.9. The summed E-state index contributed by atoms with van der Waals surface area (Å²) in [7, 11) is 4.51. The van der Waals surface area contributed by atoms with Crippen molar-refractivity contribution in [2.24, 2.45) is 0 Å². The fourth-order valence-corrected chi connectivity index (χ4v) is 5.95. The van der Waals surface area contributed by atoms with Crippen molar-refractivity contribution in [1.82, 2.24) is 10.2 Å². The highest BCUT2D eigenvalue weighted by molar-refractivity contribution is 5.96. The monoisotopic (exact) mass is 624 g/mol. The number of nitrogens with one attached hydrogen (secondary N) is 1. The molecule has 1 aliphatic carbocycles. The second-order valence-corrected chi connectivity index (χ2v) is 11.0. The Balaban J connectivity index is 1.77. The van der Waals surface area contributed by atoms with Crippen molar-refractivity contribution in [3.8, 4) is 23.0 Å². The Morgan fingerprint density at radius 3 is 2.44 bits per heavy atom. The molecule has 4 rings (SSSR count). The van der Waals surface area contributed by atoms with E-state index >= 15 is 0 Å². The van der Waals surface area contributed by atoms with E-state index < -0.39 is 30.1 Å². The Labute approximate surface area is 261 Å². The van der Waals surface area contributed by atoms with Gasteiger partial charge in [0.15, 0.2) is 11.5 Å². The average Bonchev–Trinajstić information content (AvgIpc) is 3.43. The molecule has 4 atom stereocenters. The molecule has 3 N–H and O–H groups in total. The third-order valence-electron chi connectivity index (χ3n) is 8.12. The number of carbonyl (C=O) groups is 4. The number of nitrogens with zero attached hydrogens (tertiary/aromatic N) is 1. The van der Waals surface area contributed by atoms with Gasteiger partial charge in [-0.1, -0.05) is 0 Å². The molecule has 0 radical (unpaired) electrons. The van der Waals surface area contributed by atoms with Crippen molar-refractivity contribution in [3.05, 3.63) is 58.7 Å². The molecule has 0 bridgehead atoms. The largest absolute Gasteiger partial charge is 0.497 e. The highest BCUT2D eigenvalue weighted by Crippen LogP contribution is 2.51. The van der Waals surface area contributed by atoms with Crippen molar-refractivity contribution in [2.45, 2.75) is 56.8 Å². The number of ketones is 1. The number of hydrogen-bond donors (Lipinski definition) is 3. The van der Waals surface area contributed by atoms with Crippen LogP contribution in [0, 0.1) is 0 Å². The van der Waals surface area contributed by atoms with Crippen LogP contribution in [-0.2, 0) is 20.8 Å². The van der Waals surface area contributed by atoms with Crippen LogP contribution < -0.4 is 24.3 Å². The van der Waals surface area contributed by atoms with Gasteiger partial charge in [-0.25, -0.2) is 0 Å². The minimum atomic E-state index is -1.29. The fourth-order valence-electron chi connectivity index (χ4n) is 5.95. The molecule has 0 spiro atoms. The predicted octanol–water partition coefficient (Wildman–Crippen LogP) is 1.98. The third kappa shape index (κ3) is 7.29. The molecule has 12 nitrogen and oxygen atoms in total. The molecule has 1 heterocycles. The van der Waals surface area contributed by atoms with Crippen LogP contribution in [-0.4, -0.2) is 98.3 Å². The molecule has 4 unspecified atom stereocenters. The summed E-state index contributed by atoms with van der Waals surface area (Å²) in [6, 6.07) is 7.44. The molecule has 2 amide bonds. The van der Waals surface area contributed by atoms with Gasteiger partial charge in [0.2, 0.25) is 11.8 Å². The van der Waals surface area contributed by atoms with E-state index in [1.807, 2.05) is 6.07 Å². The quantitative estimate of drug-likeness (QED) is 0.250. The van der Waals surface area contributed by atoms with Crippen molar-refractivity contribution in [2.75, 3.05) is 41.0 Å². The van der Waals surface area contributed by atoms with Gasteiger partial charge in [-0.15, -0.1) is 0 Å². The topological polar surface area (TPSA) is 161 Å². The van der Waals surface area contributed by atoms with E-state index in [0.29, 0.717) is 47.5 Å². The number of fused-ring (bicyclic) bond motifs is 3. The smallest absolute Gasteiger partial charge is 0.247 e. The van der Waals surface area contributed by atoms with E-state index in [2.05, 4.69) is 5.32 Å². The maximum absolute atomic E-state index is 13.8. The van der Waals surface area contributed by atoms with Crippen LogP contribution >= 0.6 is 0 Å². The number of rotatable bonds is 15. The van der Waals surface area contributed by atoms with Gasteiger partial charge in [0.1, 0.15) is 35.8 Å². The van der Waals surface area contributed by atoms with Crippen LogP contribution in [0.1, 0.15) is 53.6 Å². The predicted molar refractivity (Wildman–Crippen MR) is 163 cm³/mol. The Morgan fingerprint density at radius 1 is 1.04 bits per heavy atom. The summed E-state index contributed by atoms with van der Waals surface area (Å²) in [6.45, 7) is 1.28. The average molecular weight is 625 g/mol. The number of ether oxygens (including phenoxy) is 4. The van der Waals surface area contributed by atoms with Crippen LogP contribution in [0.2, 0.25) is 0 Å². The summed E-state index contributed by atoms with van der Waals surface area (Å²) < 4.78 is 22.6. The number of hydrogen-bond acceptors (Lipinski definition) is 10. The lowest BCUT2D eigenvalue weighted by atomic mass is 9.77. The van der Waals surface area contributed by atoms with E-state index in [4.69, 9.17) is 18.9 Å². The summed E-state index contributed by atoms with van der Waals surface area (Å²) in [6.07, 6.45) is 0.846. The highest BCUT2D eigenvalue weighted by Gasteiger charge is 2.51. The van der Waals surface area contributed by atoms with E-state index in [0.717, 1.165) is 5.56 Å². The zero-order valence-electron chi connectivity index (χ0n) is 25.9. The van der Waals surface area contributed by atoms with Gasteiger partial charge < -0.3 is 44.2 Å². The zero-order chi connectivity index (χ0) is 32.7. The summed E-state index contributed by atoms with van der Waals surface area (Å²) >= 11 is 0. The van der Waals surface area contributed by atoms with Crippen molar-refractivity contribution < 1.29 is 48.3 Å². The van der Waals surface area contributed by atoms with E-state index in [-0.39, 0.29) is 55.6 Å². The van der Waals surface area contributed by atoms with Crippen molar-refractivity contribution >= 4 is 23.9 Å². The first-order chi connectivity index (χ1) is 21.7. The van der Waals surface area contributed by atoms with Gasteiger partial charge in [0.05, 0.1) is 39.9 Å². The molecular weight excluding hydrogens is 584 g/mol. The number of carbonyl (C=O) groups excluding carboxylic acids is 4. The second kappa shape index (κ2) is 15.0. The molecule has 0 aromatic heterocycles. The number of Topliss-reactive ketones (excluding diaryl/α,β-unsaturated/α-hetero) is 1. The molecule has 2 aromatic rings. The summed E-state index contributed by atoms with van der Waals surface area (Å²) in [4.78, 5) is 52.2.